The maximum atomic E-state index is 3.86. The minimum atomic E-state index is 0.505. The van der Waals surface area contributed by atoms with Crippen LogP contribution in [-0.2, 0) is 0 Å². The summed E-state index contributed by atoms with van der Waals surface area (Å²) in [5.74, 6) is 1.01. The summed E-state index contributed by atoms with van der Waals surface area (Å²) >= 11 is 0. The number of nitrogens with one attached hydrogen (secondary N) is 2. The first-order valence-corrected chi connectivity index (χ1v) is 9.90. The van der Waals surface area contributed by atoms with Crippen LogP contribution in [0.4, 0.5) is 5.69 Å². The molecule has 0 fully saturated rings. The van der Waals surface area contributed by atoms with Gasteiger partial charge in [-0.1, -0.05) is 59.2 Å². The molecule has 1 aromatic rings. The van der Waals surface area contributed by atoms with E-state index in [2.05, 4.69) is 77.3 Å². The smallest absolute Gasteiger partial charge is 0.0612 e. The van der Waals surface area contributed by atoms with E-state index < -0.39 is 0 Å². The summed E-state index contributed by atoms with van der Waals surface area (Å²) in [6, 6.07) is 6.74. The van der Waals surface area contributed by atoms with Gasteiger partial charge >= 0.3 is 0 Å². The summed E-state index contributed by atoms with van der Waals surface area (Å²) in [7, 11) is 0. The van der Waals surface area contributed by atoms with Crippen molar-refractivity contribution in [2.75, 3.05) is 11.9 Å². The number of anilines is 1. The van der Waals surface area contributed by atoms with Gasteiger partial charge in [0.2, 0.25) is 0 Å². The number of benzene rings is 1. The summed E-state index contributed by atoms with van der Waals surface area (Å²) in [5.41, 5.74) is 9.62. The lowest BCUT2D eigenvalue weighted by Gasteiger charge is -2.23. The van der Waals surface area contributed by atoms with Gasteiger partial charge in [0.25, 0.3) is 0 Å². The Morgan fingerprint density at radius 3 is 2.00 bits per heavy atom. The average Bonchev–Trinajstić information content (AvgIpc) is 2.81. The fraction of sp³-hybridized carbons (Fsp3) is 0.565. The zero-order chi connectivity index (χ0) is 18.6. The molecule has 1 aromatic carbocycles. The monoisotopic (exact) mass is 340 g/mol. The molecule has 2 N–H and O–H groups in total. The third-order valence-electron chi connectivity index (χ3n) is 5.09. The van der Waals surface area contributed by atoms with E-state index in [0.717, 1.165) is 13.0 Å². The third-order valence-corrected chi connectivity index (χ3v) is 5.09. The van der Waals surface area contributed by atoms with Crippen molar-refractivity contribution in [3.63, 3.8) is 0 Å². The molecule has 0 saturated heterocycles. The second-order valence-electron chi connectivity index (χ2n) is 8.01. The molecule has 0 aliphatic heterocycles. The van der Waals surface area contributed by atoms with E-state index >= 15 is 0 Å². The number of para-hydroxylation sites is 1. The van der Waals surface area contributed by atoms with Crippen LogP contribution in [0.2, 0.25) is 0 Å². The highest BCUT2D eigenvalue weighted by molar-refractivity contribution is 5.67. The van der Waals surface area contributed by atoms with Crippen LogP contribution in [0.3, 0.4) is 0 Å². The van der Waals surface area contributed by atoms with Crippen LogP contribution in [-0.4, -0.2) is 6.54 Å². The van der Waals surface area contributed by atoms with Crippen LogP contribution in [0.15, 0.2) is 40.7 Å². The fourth-order valence-corrected chi connectivity index (χ4v) is 3.62. The molecule has 0 unspecified atom stereocenters. The van der Waals surface area contributed by atoms with Gasteiger partial charge in [0.05, 0.1) is 11.4 Å². The quantitative estimate of drug-likeness (QED) is 0.515. The second kappa shape index (κ2) is 8.60. The van der Waals surface area contributed by atoms with Crippen molar-refractivity contribution in [3.8, 4) is 0 Å². The summed E-state index contributed by atoms with van der Waals surface area (Å²) in [6.07, 6.45) is 3.50. The Bertz CT molecular complexity index is 636. The van der Waals surface area contributed by atoms with Crippen molar-refractivity contribution in [2.24, 2.45) is 0 Å². The predicted octanol–water partition coefficient (Wildman–Crippen LogP) is 6.69. The summed E-state index contributed by atoms with van der Waals surface area (Å²) in [6.45, 7) is 16.9. The highest BCUT2D eigenvalue weighted by Crippen LogP contribution is 2.37. The SMILES string of the molecule is CCCCNC1=C(C)CC(C)=C1Nc1c(C(C)C)cccc1C(C)C. The first kappa shape index (κ1) is 19.6. The molecule has 1 aliphatic rings. The number of hydrogen-bond acceptors (Lipinski definition) is 2. The van der Waals surface area contributed by atoms with Crippen LogP contribution < -0.4 is 10.6 Å². The molecule has 2 heteroatoms. The average molecular weight is 341 g/mol. The highest BCUT2D eigenvalue weighted by atomic mass is 15.0. The van der Waals surface area contributed by atoms with Crippen LogP contribution in [0, 0.1) is 0 Å². The summed E-state index contributed by atoms with van der Waals surface area (Å²) in [4.78, 5) is 0. The van der Waals surface area contributed by atoms with E-state index in [1.54, 1.807) is 0 Å². The molecule has 25 heavy (non-hydrogen) atoms. The lowest BCUT2D eigenvalue weighted by molar-refractivity contribution is 0.712. The highest BCUT2D eigenvalue weighted by Gasteiger charge is 2.22. The molecule has 138 valence electrons. The minimum Gasteiger partial charge on any atom is -0.383 e. The molecule has 0 radical (unpaired) electrons. The van der Waals surface area contributed by atoms with Crippen molar-refractivity contribution in [1.29, 1.82) is 0 Å². The Morgan fingerprint density at radius 1 is 0.920 bits per heavy atom. The number of allylic oxidation sites excluding steroid dienone is 2. The molecule has 2 rings (SSSR count). The van der Waals surface area contributed by atoms with Gasteiger partial charge in [-0.15, -0.1) is 0 Å². The zero-order valence-electron chi connectivity index (χ0n) is 17.2. The Kier molecular flexibility index (Phi) is 6.75. The van der Waals surface area contributed by atoms with E-state index in [-0.39, 0.29) is 0 Å². The molecule has 0 spiro atoms. The Labute approximate surface area is 154 Å². The van der Waals surface area contributed by atoms with Crippen LogP contribution in [0.25, 0.3) is 0 Å². The number of rotatable bonds is 8. The Balaban J connectivity index is 2.39. The van der Waals surface area contributed by atoms with Crippen LogP contribution >= 0.6 is 0 Å². The summed E-state index contributed by atoms with van der Waals surface area (Å²) in [5, 5.41) is 7.55. The first-order valence-electron chi connectivity index (χ1n) is 9.90. The largest absolute Gasteiger partial charge is 0.383 e. The van der Waals surface area contributed by atoms with Crippen molar-refractivity contribution in [1.82, 2.24) is 5.32 Å². The van der Waals surface area contributed by atoms with Gasteiger partial charge in [-0.25, -0.2) is 0 Å². The summed E-state index contributed by atoms with van der Waals surface area (Å²) < 4.78 is 0. The van der Waals surface area contributed by atoms with Gasteiger partial charge in [-0.3, -0.25) is 0 Å². The van der Waals surface area contributed by atoms with Gasteiger partial charge in [-0.05, 0) is 60.8 Å². The normalized spacial score (nSPS) is 14.9. The molecule has 0 heterocycles. The standard InChI is InChI=1S/C23H36N2/c1-8-9-13-24-21-17(6)14-18(7)22(21)25-23-19(15(2)3)11-10-12-20(23)16(4)5/h10-12,15-16,24-25H,8-9,13-14H2,1-7H3. The first-order chi connectivity index (χ1) is 11.9. The van der Waals surface area contributed by atoms with Crippen molar-refractivity contribution in [2.45, 2.75) is 79.6 Å². The molecule has 1 aliphatic carbocycles. The van der Waals surface area contributed by atoms with Crippen LogP contribution in [0.1, 0.15) is 90.7 Å². The molecule has 0 atom stereocenters. The third kappa shape index (κ3) is 4.48. The molecule has 0 aromatic heterocycles. The number of unbranched alkanes of at least 4 members (excludes halogenated alkanes) is 1. The van der Waals surface area contributed by atoms with Crippen molar-refractivity contribution < 1.29 is 0 Å². The Hall–Kier alpha value is -1.70. The van der Waals surface area contributed by atoms with Crippen LogP contribution in [0.5, 0.6) is 0 Å². The van der Waals surface area contributed by atoms with E-state index in [0.29, 0.717) is 11.8 Å². The zero-order valence-corrected chi connectivity index (χ0v) is 17.2. The van der Waals surface area contributed by atoms with Gasteiger partial charge in [0.1, 0.15) is 0 Å². The second-order valence-corrected chi connectivity index (χ2v) is 8.01. The maximum Gasteiger partial charge on any atom is 0.0612 e. The molecule has 2 nitrogen and oxygen atoms in total. The van der Waals surface area contributed by atoms with Crippen molar-refractivity contribution >= 4 is 5.69 Å². The molecule has 0 amide bonds. The van der Waals surface area contributed by atoms with Gasteiger partial charge < -0.3 is 10.6 Å². The van der Waals surface area contributed by atoms with Gasteiger partial charge in [-0.2, -0.15) is 0 Å². The lowest BCUT2D eigenvalue weighted by atomic mass is 9.92. The van der Waals surface area contributed by atoms with Crippen molar-refractivity contribution in [3.05, 3.63) is 51.9 Å². The molecular weight excluding hydrogens is 304 g/mol. The predicted molar refractivity (Wildman–Crippen MR) is 111 cm³/mol. The Morgan fingerprint density at radius 2 is 1.48 bits per heavy atom. The van der Waals surface area contributed by atoms with E-state index in [4.69, 9.17) is 0 Å². The minimum absolute atomic E-state index is 0.505. The fourth-order valence-electron chi connectivity index (χ4n) is 3.62. The van der Waals surface area contributed by atoms with E-state index in [1.165, 1.54) is 52.2 Å². The van der Waals surface area contributed by atoms with Gasteiger partial charge in [0.15, 0.2) is 0 Å². The molecular formula is C23H36N2. The van der Waals surface area contributed by atoms with Gasteiger partial charge in [0, 0.05) is 12.2 Å². The molecule has 0 saturated carbocycles. The lowest BCUT2D eigenvalue weighted by Crippen LogP contribution is -2.20. The topological polar surface area (TPSA) is 24.1 Å². The molecule has 0 bridgehead atoms. The maximum absolute atomic E-state index is 3.86. The van der Waals surface area contributed by atoms with E-state index in [1.807, 2.05) is 0 Å². The number of hydrogen-bond donors (Lipinski definition) is 2. The van der Waals surface area contributed by atoms with E-state index in [9.17, 15) is 0 Å².